The molecule has 0 aliphatic rings. The predicted molar refractivity (Wildman–Crippen MR) is 102 cm³/mol. The second kappa shape index (κ2) is 8.31. The standard InChI is InChI=1S/C19H22N6O2/c1-4-27-18-17(6-5-11-21-18)23-19(26)24(3)14(2)15-7-9-16(10-8-15)25-13-20-12-22-25/h5-14H,4H2,1-3H3,(H,23,26). The van der Waals surface area contributed by atoms with Gasteiger partial charge in [-0.05, 0) is 43.7 Å². The van der Waals surface area contributed by atoms with Gasteiger partial charge in [-0.1, -0.05) is 12.1 Å². The van der Waals surface area contributed by atoms with E-state index >= 15 is 0 Å². The maximum atomic E-state index is 12.6. The minimum absolute atomic E-state index is 0.123. The Labute approximate surface area is 157 Å². The Morgan fingerprint density at radius 1 is 1.30 bits per heavy atom. The van der Waals surface area contributed by atoms with Gasteiger partial charge in [0.15, 0.2) is 0 Å². The summed E-state index contributed by atoms with van der Waals surface area (Å²) in [6.45, 7) is 4.32. The van der Waals surface area contributed by atoms with Crippen LogP contribution >= 0.6 is 0 Å². The van der Waals surface area contributed by atoms with Crippen molar-refractivity contribution in [1.29, 1.82) is 0 Å². The maximum absolute atomic E-state index is 12.6. The predicted octanol–water partition coefficient (Wildman–Crippen LogP) is 3.29. The van der Waals surface area contributed by atoms with Gasteiger partial charge in [0.25, 0.3) is 0 Å². The molecule has 1 atom stereocenters. The first-order chi connectivity index (χ1) is 13.1. The third-order valence-electron chi connectivity index (χ3n) is 4.25. The SMILES string of the molecule is CCOc1ncccc1NC(=O)N(C)C(C)c1ccc(-n2cncn2)cc1. The lowest BCUT2D eigenvalue weighted by atomic mass is 10.1. The molecule has 2 amide bonds. The normalized spacial score (nSPS) is 11.7. The second-order valence-corrected chi connectivity index (χ2v) is 5.94. The molecule has 0 saturated carbocycles. The van der Waals surface area contributed by atoms with Crippen molar-refractivity contribution in [3.05, 3.63) is 60.8 Å². The first-order valence-corrected chi connectivity index (χ1v) is 8.66. The number of urea groups is 1. The third-order valence-corrected chi connectivity index (χ3v) is 4.25. The van der Waals surface area contributed by atoms with Crippen LogP contribution in [0.15, 0.2) is 55.2 Å². The summed E-state index contributed by atoms with van der Waals surface area (Å²) in [5.74, 6) is 0.409. The molecule has 0 bridgehead atoms. The average Bonchev–Trinajstić information content (AvgIpc) is 3.23. The molecule has 0 fully saturated rings. The number of nitrogens with one attached hydrogen (secondary N) is 1. The summed E-state index contributed by atoms with van der Waals surface area (Å²) in [5.41, 5.74) is 2.46. The van der Waals surface area contributed by atoms with E-state index in [0.29, 0.717) is 18.2 Å². The highest BCUT2D eigenvalue weighted by Crippen LogP contribution is 2.24. The lowest BCUT2D eigenvalue weighted by Gasteiger charge is -2.26. The van der Waals surface area contributed by atoms with E-state index in [-0.39, 0.29) is 12.1 Å². The molecule has 0 aliphatic heterocycles. The minimum atomic E-state index is -0.239. The number of amides is 2. The van der Waals surface area contributed by atoms with Crippen LogP contribution in [0.2, 0.25) is 0 Å². The van der Waals surface area contributed by atoms with Crippen LogP contribution in [0.4, 0.5) is 10.5 Å². The van der Waals surface area contributed by atoms with E-state index in [4.69, 9.17) is 4.74 Å². The highest BCUT2D eigenvalue weighted by Gasteiger charge is 2.19. The zero-order chi connectivity index (χ0) is 19.2. The smallest absolute Gasteiger partial charge is 0.322 e. The van der Waals surface area contributed by atoms with E-state index in [1.54, 1.807) is 41.3 Å². The van der Waals surface area contributed by atoms with Crippen molar-refractivity contribution in [2.45, 2.75) is 19.9 Å². The molecule has 1 aromatic carbocycles. The molecule has 1 N–H and O–H groups in total. The Bertz CT molecular complexity index is 879. The lowest BCUT2D eigenvalue weighted by Crippen LogP contribution is -2.33. The minimum Gasteiger partial charge on any atom is -0.476 e. The number of aromatic nitrogens is 4. The lowest BCUT2D eigenvalue weighted by molar-refractivity contribution is 0.208. The fourth-order valence-electron chi connectivity index (χ4n) is 2.59. The van der Waals surface area contributed by atoms with Crippen molar-refractivity contribution in [1.82, 2.24) is 24.6 Å². The number of hydrogen-bond donors (Lipinski definition) is 1. The van der Waals surface area contributed by atoms with Crippen molar-refractivity contribution < 1.29 is 9.53 Å². The van der Waals surface area contributed by atoms with Crippen molar-refractivity contribution in [3.63, 3.8) is 0 Å². The highest BCUT2D eigenvalue weighted by molar-refractivity contribution is 5.90. The molecule has 0 aliphatic carbocycles. The largest absolute Gasteiger partial charge is 0.476 e. The van der Waals surface area contributed by atoms with Crippen LogP contribution in [0.1, 0.15) is 25.5 Å². The summed E-state index contributed by atoms with van der Waals surface area (Å²) in [6, 6.07) is 11.0. The van der Waals surface area contributed by atoms with Crippen LogP contribution in [-0.2, 0) is 0 Å². The van der Waals surface area contributed by atoms with Gasteiger partial charge in [-0.2, -0.15) is 5.10 Å². The first kappa shape index (κ1) is 18.4. The summed E-state index contributed by atoms with van der Waals surface area (Å²) in [7, 11) is 1.75. The van der Waals surface area contributed by atoms with Crippen molar-refractivity contribution in [2.75, 3.05) is 19.0 Å². The molecule has 140 valence electrons. The fraction of sp³-hybridized carbons (Fsp3) is 0.263. The van der Waals surface area contributed by atoms with Gasteiger partial charge in [-0.15, -0.1) is 0 Å². The summed E-state index contributed by atoms with van der Waals surface area (Å²) in [5, 5.41) is 6.96. The average molecular weight is 366 g/mol. The number of rotatable bonds is 6. The summed E-state index contributed by atoms with van der Waals surface area (Å²) in [4.78, 5) is 22.4. The van der Waals surface area contributed by atoms with Crippen molar-refractivity contribution in [3.8, 4) is 11.6 Å². The number of pyridine rings is 1. The van der Waals surface area contributed by atoms with Crippen molar-refractivity contribution >= 4 is 11.7 Å². The zero-order valence-corrected chi connectivity index (χ0v) is 15.5. The number of carbonyl (C=O) groups excluding carboxylic acids is 1. The Morgan fingerprint density at radius 3 is 2.74 bits per heavy atom. The van der Waals surface area contributed by atoms with Crippen molar-refractivity contribution in [2.24, 2.45) is 0 Å². The molecule has 8 heteroatoms. The molecule has 8 nitrogen and oxygen atoms in total. The van der Waals surface area contributed by atoms with Gasteiger partial charge in [0, 0.05) is 13.2 Å². The van der Waals surface area contributed by atoms with Crippen LogP contribution in [0.25, 0.3) is 5.69 Å². The molecule has 3 rings (SSSR count). The van der Waals surface area contributed by atoms with E-state index < -0.39 is 0 Å². The van der Waals surface area contributed by atoms with Gasteiger partial charge in [-0.25, -0.2) is 19.4 Å². The van der Waals surface area contributed by atoms with Gasteiger partial charge < -0.3 is 15.0 Å². The number of ether oxygens (including phenoxy) is 1. The molecule has 0 radical (unpaired) electrons. The summed E-state index contributed by atoms with van der Waals surface area (Å²) in [6.07, 6.45) is 4.76. The van der Waals surface area contributed by atoms with Crippen LogP contribution in [0.3, 0.4) is 0 Å². The molecular weight excluding hydrogens is 344 g/mol. The number of hydrogen-bond acceptors (Lipinski definition) is 5. The fourth-order valence-corrected chi connectivity index (χ4v) is 2.59. The Balaban J connectivity index is 1.69. The number of anilines is 1. The van der Waals surface area contributed by atoms with Gasteiger partial charge in [0.2, 0.25) is 5.88 Å². The van der Waals surface area contributed by atoms with Crippen LogP contribution < -0.4 is 10.1 Å². The quantitative estimate of drug-likeness (QED) is 0.723. The third kappa shape index (κ3) is 4.22. The monoisotopic (exact) mass is 366 g/mol. The second-order valence-electron chi connectivity index (χ2n) is 5.94. The molecular formula is C19H22N6O2. The van der Waals surface area contributed by atoms with Gasteiger partial charge in [0.1, 0.15) is 18.3 Å². The Kier molecular flexibility index (Phi) is 5.65. The molecule has 2 aromatic heterocycles. The summed E-state index contributed by atoms with van der Waals surface area (Å²) < 4.78 is 7.14. The zero-order valence-electron chi connectivity index (χ0n) is 15.5. The van der Waals surface area contributed by atoms with E-state index in [9.17, 15) is 4.79 Å². The number of benzene rings is 1. The topological polar surface area (TPSA) is 85.2 Å². The molecule has 0 saturated heterocycles. The van der Waals surface area contributed by atoms with Crippen LogP contribution in [0.5, 0.6) is 5.88 Å². The van der Waals surface area contributed by atoms with Crippen LogP contribution in [0, 0.1) is 0 Å². The highest BCUT2D eigenvalue weighted by atomic mass is 16.5. The van der Waals surface area contributed by atoms with Gasteiger partial charge in [0.05, 0.1) is 18.3 Å². The van der Waals surface area contributed by atoms with Gasteiger partial charge >= 0.3 is 6.03 Å². The van der Waals surface area contributed by atoms with E-state index in [0.717, 1.165) is 11.3 Å². The molecule has 2 heterocycles. The molecule has 0 spiro atoms. The molecule has 1 unspecified atom stereocenters. The van der Waals surface area contributed by atoms with E-state index in [2.05, 4.69) is 20.4 Å². The number of carbonyl (C=O) groups is 1. The van der Waals surface area contributed by atoms with Gasteiger partial charge in [-0.3, -0.25) is 0 Å². The van der Waals surface area contributed by atoms with Crippen LogP contribution in [-0.4, -0.2) is 44.3 Å². The Hall–Kier alpha value is -3.42. The number of nitrogens with zero attached hydrogens (tertiary/aromatic N) is 5. The Morgan fingerprint density at radius 2 is 2.07 bits per heavy atom. The first-order valence-electron chi connectivity index (χ1n) is 8.66. The molecule has 27 heavy (non-hydrogen) atoms. The molecule has 3 aromatic rings. The summed E-state index contributed by atoms with van der Waals surface area (Å²) >= 11 is 0. The maximum Gasteiger partial charge on any atom is 0.322 e. The van der Waals surface area contributed by atoms with E-state index in [1.165, 1.54) is 6.33 Å². The van der Waals surface area contributed by atoms with E-state index in [1.807, 2.05) is 38.1 Å².